The summed E-state index contributed by atoms with van der Waals surface area (Å²) in [7, 11) is 0. The molecule has 1 heterocycles. The van der Waals surface area contributed by atoms with E-state index in [0.29, 0.717) is 16.6 Å². The van der Waals surface area contributed by atoms with Crippen LogP contribution in [0.15, 0.2) is 24.3 Å². The lowest BCUT2D eigenvalue weighted by atomic mass is 10.1. The number of pyridine rings is 1. The quantitative estimate of drug-likeness (QED) is 0.593. The third kappa shape index (κ3) is 1.97. The maximum absolute atomic E-state index is 13.4. The molecule has 5 heteroatoms. The van der Waals surface area contributed by atoms with Gasteiger partial charge in [0.25, 0.3) is 0 Å². The van der Waals surface area contributed by atoms with E-state index < -0.39 is 5.82 Å². The molecule has 3 nitrogen and oxygen atoms in total. The molecule has 2 aromatic rings. The van der Waals surface area contributed by atoms with Crippen LogP contribution in [-0.2, 0) is 0 Å². The van der Waals surface area contributed by atoms with Gasteiger partial charge in [0, 0.05) is 16.6 Å². The van der Waals surface area contributed by atoms with E-state index in [1.165, 1.54) is 6.07 Å². The molecule has 16 heavy (non-hydrogen) atoms. The highest BCUT2D eigenvalue weighted by atomic mass is 35.5. The minimum Gasteiger partial charge on any atom is -0.384 e. The second-order valence-corrected chi connectivity index (χ2v) is 3.36. The molecule has 0 atom stereocenters. The summed E-state index contributed by atoms with van der Waals surface area (Å²) >= 11 is 0. The van der Waals surface area contributed by atoms with E-state index in [-0.39, 0.29) is 23.8 Å². The van der Waals surface area contributed by atoms with E-state index in [9.17, 15) is 4.39 Å². The maximum atomic E-state index is 13.4. The topological polar surface area (TPSA) is 62.8 Å². The maximum Gasteiger partial charge on any atom is 0.149 e. The molecule has 0 spiro atoms. The molecule has 0 fully saturated rings. The van der Waals surface area contributed by atoms with Gasteiger partial charge in [-0.3, -0.25) is 5.41 Å². The molecule has 0 bridgehead atoms. The Morgan fingerprint density at radius 1 is 1.44 bits per heavy atom. The van der Waals surface area contributed by atoms with Crippen LogP contribution in [0.2, 0.25) is 0 Å². The Bertz CT molecular complexity index is 554. The number of aromatic nitrogens is 1. The van der Waals surface area contributed by atoms with Gasteiger partial charge in [-0.25, -0.2) is 9.37 Å². The highest BCUT2D eigenvalue weighted by Gasteiger charge is 2.09. The van der Waals surface area contributed by atoms with E-state index in [4.69, 9.17) is 11.1 Å². The van der Waals surface area contributed by atoms with Crippen molar-refractivity contribution in [3.63, 3.8) is 0 Å². The van der Waals surface area contributed by atoms with Gasteiger partial charge in [0.05, 0.1) is 0 Å². The molecule has 0 unspecified atom stereocenters. The number of nitrogens with one attached hydrogen (secondary N) is 1. The van der Waals surface area contributed by atoms with Crippen LogP contribution in [0.25, 0.3) is 10.9 Å². The highest BCUT2D eigenvalue weighted by molar-refractivity contribution is 6.06. The zero-order valence-corrected chi connectivity index (χ0v) is 9.44. The number of benzene rings is 1. The van der Waals surface area contributed by atoms with Crippen molar-refractivity contribution in [1.82, 2.24) is 4.98 Å². The van der Waals surface area contributed by atoms with Crippen molar-refractivity contribution in [2.45, 2.75) is 6.92 Å². The van der Waals surface area contributed by atoms with E-state index in [0.717, 1.165) is 0 Å². The van der Waals surface area contributed by atoms with Crippen molar-refractivity contribution >= 4 is 29.1 Å². The summed E-state index contributed by atoms with van der Waals surface area (Å²) in [6, 6.07) is 6.32. The predicted octanol–water partition coefficient (Wildman–Crippen LogP) is 2.39. The summed E-state index contributed by atoms with van der Waals surface area (Å²) in [5, 5.41) is 7.99. The molecule has 0 amide bonds. The molecule has 2 rings (SSSR count). The van der Waals surface area contributed by atoms with Crippen molar-refractivity contribution in [3.8, 4) is 0 Å². The van der Waals surface area contributed by atoms with Crippen molar-refractivity contribution < 1.29 is 4.39 Å². The number of nitrogen functional groups attached to an aromatic ring is 1. The van der Waals surface area contributed by atoms with Gasteiger partial charge in [-0.1, -0.05) is 12.1 Å². The minimum absolute atomic E-state index is 0. The molecule has 0 aliphatic rings. The van der Waals surface area contributed by atoms with Crippen LogP contribution in [0.4, 0.5) is 4.39 Å². The fourth-order valence-electron chi connectivity index (χ4n) is 1.56. The smallest absolute Gasteiger partial charge is 0.149 e. The van der Waals surface area contributed by atoms with Gasteiger partial charge in [-0.05, 0) is 19.1 Å². The number of para-hydroxylation sites is 1. The summed E-state index contributed by atoms with van der Waals surface area (Å²) in [6.45, 7) is 1.75. The third-order valence-electron chi connectivity index (χ3n) is 2.21. The molecule has 0 saturated carbocycles. The van der Waals surface area contributed by atoms with Gasteiger partial charge in [0.1, 0.15) is 17.2 Å². The zero-order chi connectivity index (χ0) is 11.0. The van der Waals surface area contributed by atoms with Crippen LogP contribution < -0.4 is 5.73 Å². The first-order valence-corrected chi connectivity index (χ1v) is 4.50. The van der Waals surface area contributed by atoms with Gasteiger partial charge in [0.15, 0.2) is 0 Å². The predicted molar refractivity (Wildman–Crippen MR) is 64.7 cm³/mol. The van der Waals surface area contributed by atoms with Crippen LogP contribution in [0.1, 0.15) is 11.3 Å². The number of fused-ring (bicyclic) bond motifs is 1. The molecular formula is C11H11ClFN3. The molecule has 0 saturated heterocycles. The van der Waals surface area contributed by atoms with Crippen LogP contribution in [0.3, 0.4) is 0 Å². The minimum atomic E-state index is -0.390. The van der Waals surface area contributed by atoms with Crippen LogP contribution >= 0.6 is 12.4 Å². The Morgan fingerprint density at radius 3 is 2.75 bits per heavy atom. The van der Waals surface area contributed by atoms with Crippen molar-refractivity contribution in [2.24, 2.45) is 5.73 Å². The highest BCUT2D eigenvalue weighted by Crippen LogP contribution is 2.20. The van der Waals surface area contributed by atoms with Gasteiger partial charge in [0.2, 0.25) is 0 Å². The average Bonchev–Trinajstić information content (AvgIpc) is 2.18. The molecule has 84 valence electrons. The normalized spacial score (nSPS) is 9.88. The fraction of sp³-hybridized carbons (Fsp3) is 0.0909. The van der Waals surface area contributed by atoms with E-state index >= 15 is 0 Å². The number of nitrogens with two attached hydrogens (primary N) is 1. The lowest BCUT2D eigenvalue weighted by Crippen LogP contribution is -2.12. The summed E-state index contributed by atoms with van der Waals surface area (Å²) in [6.07, 6.45) is 0. The first-order valence-electron chi connectivity index (χ1n) is 4.50. The Hall–Kier alpha value is -1.68. The van der Waals surface area contributed by atoms with Crippen molar-refractivity contribution in [1.29, 1.82) is 5.41 Å². The Kier molecular flexibility index (Phi) is 3.44. The summed E-state index contributed by atoms with van der Waals surface area (Å²) < 4.78 is 13.4. The van der Waals surface area contributed by atoms with Gasteiger partial charge in [-0.15, -0.1) is 12.4 Å². The van der Waals surface area contributed by atoms with Crippen LogP contribution in [0, 0.1) is 18.2 Å². The number of rotatable bonds is 1. The number of aryl methyl sites for hydroxylation is 1. The number of hydrogen-bond donors (Lipinski definition) is 2. The molecule has 1 aromatic heterocycles. The summed E-state index contributed by atoms with van der Waals surface area (Å²) in [4.78, 5) is 4.09. The second kappa shape index (κ2) is 4.45. The standard InChI is InChI=1S/C11H10FN3.ClH/c1-6-5-8(11(13)14)7-3-2-4-9(12)10(7)15-6;/h2-5H,1H3,(H3,13,14);1H. The van der Waals surface area contributed by atoms with Crippen molar-refractivity contribution in [2.75, 3.05) is 0 Å². The molecule has 0 aliphatic carbocycles. The zero-order valence-electron chi connectivity index (χ0n) is 8.62. The van der Waals surface area contributed by atoms with E-state index in [2.05, 4.69) is 4.98 Å². The molecule has 0 aliphatic heterocycles. The molecular weight excluding hydrogens is 229 g/mol. The molecule has 1 aromatic carbocycles. The fourth-order valence-corrected chi connectivity index (χ4v) is 1.56. The number of hydrogen-bond acceptors (Lipinski definition) is 2. The Morgan fingerprint density at radius 2 is 2.12 bits per heavy atom. The lowest BCUT2D eigenvalue weighted by molar-refractivity contribution is 0.636. The first-order chi connectivity index (χ1) is 7.09. The lowest BCUT2D eigenvalue weighted by Gasteiger charge is -2.06. The first kappa shape index (κ1) is 12.4. The number of halogens is 2. The largest absolute Gasteiger partial charge is 0.384 e. The third-order valence-corrected chi connectivity index (χ3v) is 2.21. The Balaban J connectivity index is 0.00000128. The van der Waals surface area contributed by atoms with Gasteiger partial charge in [-0.2, -0.15) is 0 Å². The average molecular weight is 240 g/mol. The summed E-state index contributed by atoms with van der Waals surface area (Å²) in [5.41, 5.74) is 6.87. The SMILES string of the molecule is Cc1cc(C(=N)N)c2cccc(F)c2n1.Cl. The second-order valence-electron chi connectivity index (χ2n) is 3.36. The van der Waals surface area contributed by atoms with Crippen molar-refractivity contribution in [3.05, 3.63) is 41.3 Å². The monoisotopic (exact) mass is 239 g/mol. The van der Waals surface area contributed by atoms with Gasteiger partial charge >= 0.3 is 0 Å². The van der Waals surface area contributed by atoms with Crippen LogP contribution in [-0.4, -0.2) is 10.8 Å². The summed E-state index contributed by atoms with van der Waals surface area (Å²) in [5.74, 6) is -0.463. The van der Waals surface area contributed by atoms with Gasteiger partial charge < -0.3 is 5.73 Å². The Labute approximate surface area is 98.4 Å². The van der Waals surface area contributed by atoms with E-state index in [1.54, 1.807) is 25.1 Å². The molecule has 0 radical (unpaired) electrons. The van der Waals surface area contributed by atoms with E-state index in [1.807, 2.05) is 0 Å². The number of amidine groups is 1. The van der Waals surface area contributed by atoms with Crippen LogP contribution in [0.5, 0.6) is 0 Å². The number of nitrogens with zero attached hydrogens (tertiary/aromatic N) is 1. The molecule has 3 N–H and O–H groups in total.